The summed E-state index contributed by atoms with van der Waals surface area (Å²) in [6.07, 6.45) is -0.00363. The SMILES string of the molecule is COC(=O)c1scc(OC[C@@H]2CO2)c1[N+](=O)[O-]. The topological polar surface area (TPSA) is 91.2 Å². The van der Waals surface area contributed by atoms with Crippen molar-refractivity contribution in [1.82, 2.24) is 0 Å². The van der Waals surface area contributed by atoms with E-state index < -0.39 is 10.9 Å². The van der Waals surface area contributed by atoms with Gasteiger partial charge in [0, 0.05) is 5.38 Å². The summed E-state index contributed by atoms with van der Waals surface area (Å²) in [6, 6.07) is 0. The molecule has 0 unspecified atom stereocenters. The predicted octanol–water partition coefficient (Wildman–Crippen LogP) is 1.22. The molecule has 0 radical (unpaired) electrons. The van der Waals surface area contributed by atoms with E-state index in [1.54, 1.807) is 0 Å². The number of methoxy groups -OCH3 is 1. The van der Waals surface area contributed by atoms with Gasteiger partial charge in [-0.2, -0.15) is 0 Å². The fraction of sp³-hybridized carbons (Fsp3) is 0.444. The van der Waals surface area contributed by atoms with E-state index in [-0.39, 0.29) is 29.0 Å². The molecule has 1 aromatic heterocycles. The van der Waals surface area contributed by atoms with Gasteiger partial charge in [-0.15, -0.1) is 11.3 Å². The largest absolute Gasteiger partial charge is 0.483 e. The van der Waals surface area contributed by atoms with E-state index in [1.165, 1.54) is 12.5 Å². The number of hydrogen-bond acceptors (Lipinski definition) is 7. The highest BCUT2D eigenvalue weighted by Crippen LogP contribution is 2.37. The maximum atomic E-state index is 11.3. The molecular weight excluding hydrogens is 250 g/mol. The third kappa shape index (κ3) is 2.53. The quantitative estimate of drug-likeness (QED) is 0.342. The number of nitro groups is 1. The summed E-state index contributed by atoms with van der Waals surface area (Å²) in [4.78, 5) is 21.5. The summed E-state index contributed by atoms with van der Waals surface area (Å²) in [5.74, 6) is -0.657. The van der Waals surface area contributed by atoms with Gasteiger partial charge in [0.25, 0.3) is 0 Å². The Morgan fingerprint density at radius 3 is 3.00 bits per heavy atom. The molecule has 92 valence electrons. The Morgan fingerprint density at radius 2 is 2.47 bits per heavy atom. The molecule has 0 aromatic carbocycles. The first-order valence-electron chi connectivity index (χ1n) is 4.72. The van der Waals surface area contributed by atoms with E-state index >= 15 is 0 Å². The van der Waals surface area contributed by atoms with Crippen LogP contribution in [-0.2, 0) is 9.47 Å². The molecule has 0 amide bonds. The summed E-state index contributed by atoms with van der Waals surface area (Å²) in [6.45, 7) is 0.847. The van der Waals surface area contributed by atoms with Gasteiger partial charge in [0.15, 0.2) is 4.88 Å². The van der Waals surface area contributed by atoms with Crippen LogP contribution in [0.2, 0.25) is 0 Å². The van der Waals surface area contributed by atoms with Crippen LogP contribution in [0, 0.1) is 10.1 Å². The van der Waals surface area contributed by atoms with Crippen LogP contribution in [0.3, 0.4) is 0 Å². The fourth-order valence-corrected chi connectivity index (χ4v) is 2.07. The molecule has 17 heavy (non-hydrogen) atoms. The molecule has 1 fully saturated rings. The lowest BCUT2D eigenvalue weighted by molar-refractivity contribution is -0.385. The second-order valence-corrected chi connectivity index (χ2v) is 4.17. The fourth-order valence-electron chi connectivity index (χ4n) is 1.20. The normalized spacial score (nSPS) is 17.6. The minimum atomic E-state index is -0.737. The molecule has 1 atom stereocenters. The van der Waals surface area contributed by atoms with Gasteiger partial charge in [0.2, 0.25) is 5.75 Å². The highest BCUT2D eigenvalue weighted by atomic mass is 32.1. The number of carbonyl (C=O) groups is 1. The van der Waals surface area contributed by atoms with E-state index in [2.05, 4.69) is 4.74 Å². The molecule has 1 saturated heterocycles. The first kappa shape index (κ1) is 11.8. The number of nitrogens with zero attached hydrogens (tertiary/aromatic N) is 1. The average Bonchev–Trinajstić information content (AvgIpc) is 3.03. The number of hydrogen-bond donors (Lipinski definition) is 0. The second kappa shape index (κ2) is 4.68. The van der Waals surface area contributed by atoms with Crippen LogP contribution in [0.25, 0.3) is 0 Å². The Labute approximate surface area is 100 Å². The van der Waals surface area contributed by atoms with Crippen molar-refractivity contribution in [3.05, 3.63) is 20.4 Å². The number of epoxide rings is 1. The van der Waals surface area contributed by atoms with E-state index in [0.29, 0.717) is 6.61 Å². The summed E-state index contributed by atoms with van der Waals surface area (Å²) >= 11 is 0.927. The van der Waals surface area contributed by atoms with Gasteiger partial charge in [0.1, 0.15) is 12.7 Å². The molecule has 0 spiro atoms. The van der Waals surface area contributed by atoms with Crippen molar-refractivity contribution in [2.45, 2.75) is 6.10 Å². The van der Waals surface area contributed by atoms with Crippen LogP contribution in [0.4, 0.5) is 5.69 Å². The van der Waals surface area contributed by atoms with Crippen molar-refractivity contribution in [3.63, 3.8) is 0 Å². The lowest BCUT2D eigenvalue weighted by Crippen LogP contribution is -2.06. The van der Waals surface area contributed by atoms with E-state index in [1.807, 2.05) is 0 Å². The lowest BCUT2D eigenvalue weighted by atomic mass is 10.3. The molecule has 1 aromatic rings. The number of esters is 1. The molecule has 0 N–H and O–H groups in total. The molecular formula is C9H9NO6S. The summed E-state index contributed by atoms with van der Waals surface area (Å²) in [7, 11) is 1.17. The van der Waals surface area contributed by atoms with Crippen LogP contribution in [0.15, 0.2) is 5.38 Å². The van der Waals surface area contributed by atoms with Gasteiger partial charge in [-0.1, -0.05) is 0 Å². The minimum Gasteiger partial charge on any atom is -0.483 e. The van der Waals surface area contributed by atoms with Gasteiger partial charge >= 0.3 is 11.7 Å². The Morgan fingerprint density at radius 1 is 1.76 bits per heavy atom. The second-order valence-electron chi connectivity index (χ2n) is 3.29. The number of thiophene rings is 1. The zero-order valence-electron chi connectivity index (χ0n) is 8.87. The first-order valence-corrected chi connectivity index (χ1v) is 5.60. The van der Waals surface area contributed by atoms with Crippen LogP contribution < -0.4 is 4.74 Å². The molecule has 1 aliphatic heterocycles. The van der Waals surface area contributed by atoms with Gasteiger partial charge < -0.3 is 14.2 Å². The molecule has 8 heteroatoms. The highest BCUT2D eigenvalue weighted by Gasteiger charge is 2.31. The standard InChI is InChI=1S/C9H9NO6S/c1-14-9(11)8-7(10(12)13)6(4-17-8)16-3-5-2-15-5/h4-5H,2-3H2,1H3/t5-/m0/s1. The van der Waals surface area contributed by atoms with E-state index in [9.17, 15) is 14.9 Å². The molecule has 0 aliphatic carbocycles. The maximum absolute atomic E-state index is 11.3. The Kier molecular flexibility index (Phi) is 3.25. The van der Waals surface area contributed by atoms with E-state index in [4.69, 9.17) is 9.47 Å². The van der Waals surface area contributed by atoms with Crippen LogP contribution in [-0.4, -0.2) is 37.3 Å². The zero-order valence-corrected chi connectivity index (χ0v) is 9.69. The van der Waals surface area contributed by atoms with Crippen molar-refractivity contribution in [3.8, 4) is 5.75 Å². The molecule has 7 nitrogen and oxygen atoms in total. The Bertz CT molecular complexity index is 452. The summed E-state index contributed by atoms with van der Waals surface area (Å²) < 4.78 is 14.6. The van der Waals surface area contributed by atoms with Gasteiger partial charge in [0.05, 0.1) is 18.6 Å². The Hall–Kier alpha value is -1.67. The molecule has 2 heterocycles. The summed E-state index contributed by atoms with van der Waals surface area (Å²) in [5.41, 5.74) is -0.345. The zero-order chi connectivity index (χ0) is 12.4. The van der Waals surface area contributed by atoms with Gasteiger partial charge in [-0.05, 0) is 0 Å². The maximum Gasteiger partial charge on any atom is 0.355 e. The monoisotopic (exact) mass is 259 g/mol. The van der Waals surface area contributed by atoms with Crippen LogP contribution in [0.5, 0.6) is 5.75 Å². The van der Waals surface area contributed by atoms with Gasteiger partial charge in [-0.25, -0.2) is 4.79 Å². The van der Waals surface area contributed by atoms with Crippen LogP contribution >= 0.6 is 11.3 Å². The van der Waals surface area contributed by atoms with Crippen LogP contribution in [0.1, 0.15) is 9.67 Å². The lowest BCUT2D eigenvalue weighted by Gasteiger charge is -2.01. The average molecular weight is 259 g/mol. The minimum absolute atomic E-state index is 0.00363. The van der Waals surface area contributed by atoms with Crippen molar-refractivity contribution in [2.75, 3.05) is 20.3 Å². The molecule has 0 bridgehead atoms. The number of carbonyl (C=O) groups excluding carboxylic acids is 1. The Balaban J connectivity index is 2.21. The predicted molar refractivity (Wildman–Crippen MR) is 57.5 cm³/mol. The van der Waals surface area contributed by atoms with Gasteiger partial charge in [-0.3, -0.25) is 10.1 Å². The molecule has 2 rings (SSSR count). The molecule has 1 aliphatic rings. The number of rotatable bonds is 5. The van der Waals surface area contributed by atoms with Crippen molar-refractivity contribution in [1.29, 1.82) is 0 Å². The first-order chi connectivity index (χ1) is 8.13. The van der Waals surface area contributed by atoms with Crippen molar-refractivity contribution < 1.29 is 23.9 Å². The van der Waals surface area contributed by atoms with Crippen molar-refractivity contribution >= 4 is 23.0 Å². The smallest absolute Gasteiger partial charge is 0.355 e. The van der Waals surface area contributed by atoms with E-state index in [0.717, 1.165) is 11.3 Å². The highest BCUT2D eigenvalue weighted by molar-refractivity contribution is 7.12. The third-order valence-corrected chi connectivity index (χ3v) is 3.04. The molecule has 0 saturated carbocycles. The third-order valence-electron chi connectivity index (χ3n) is 2.11. The van der Waals surface area contributed by atoms with Crippen molar-refractivity contribution in [2.24, 2.45) is 0 Å². The summed E-state index contributed by atoms with van der Waals surface area (Å²) in [5, 5.41) is 12.3. The number of ether oxygens (including phenoxy) is 3.